The predicted octanol–water partition coefficient (Wildman–Crippen LogP) is 4.77. The summed E-state index contributed by atoms with van der Waals surface area (Å²) in [5.41, 5.74) is 3.77. The number of hydrogen-bond donors (Lipinski definition) is 0. The van der Waals surface area contributed by atoms with E-state index in [0.29, 0.717) is 6.54 Å². The van der Waals surface area contributed by atoms with Crippen LogP contribution in [-0.4, -0.2) is 19.1 Å². The smallest absolute Gasteiger partial charge is 0.258 e. The van der Waals surface area contributed by atoms with Gasteiger partial charge in [-0.3, -0.25) is 4.79 Å². The Hall–Kier alpha value is -2.55. The third-order valence-electron chi connectivity index (χ3n) is 4.23. The number of para-hydroxylation sites is 1. The fourth-order valence-corrected chi connectivity index (χ4v) is 2.92. The second kappa shape index (κ2) is 7.35. The normalized spacial score (nSPS) is 15.0. The molecule has 3 nitrogen and oxygen atoms in total. The maximum absolute atomic E-state index is 12.7. The summed E-state index contributed by atoms with van der Waals surface area (Å²) in [6, 6.07) is 15.9. The van der Waals surface area contributed by atoms with Gasteiger partial charge in [-0.1, -0.05) is 43.7 Å². The van der Waals surface area contributed by atoms with E-state index in [4.69, 9.17) is 4.74 Å². The maximum atomic E-state index is 12.7. The summed E-state index contributed by atoms with van der Waals surface area (Å²) in [5, 5.41) is 0. The molecule has 0 aliphatic carbocycles. The van der Waals surface area contributed by atoms with Gasteiger partial charge in [0.15, 0.2) is 0 Å². The number of unbranched alkanes of at least 4 members (excludes halogenated alkanes) is 1. The third-order valence-corrected chi connectivity index (χ3v) is 4.23. The Bertz CT molecular complexity index is 747. The number of ether oxygens (including phenoxy) is 1. The van der Waals surface area contributed by atoms with Crippen molar-refractivity contribution in [2.45, 2.75) is 26.7 Å². The SMILES string of the molecule is CCCCOc1ccc(/C=C2/C(=O)N(CC)c3ccccc32)cc1. The number of carbonyl (C=O) groups is 1. The first-order chi connectivity index (χ1) is 11.7. The van der Waals surface area contributed by atoms with Crippen molar-refractivity contribution in [3.63, 3.8) is 0 Å². The predicted molar refractivity (Wildman–Crippen MR) is 99.2 cm³/mol. The summed E-state index contributed by atoms with van der Waals surface area (Å²) in [6.07, 6.45) is 4.15. The van der Waals surface area contributed by atoms with Crippen molar-refractivity contribution < 1.29 is 9.53 Å². The zero-order valence-corrected chi connectivity index (χ0v) is 14.3. The Morgan fingerprint density at radius 1 is 1.04 bits per heavy atom. The van der Waals surface area contributed by atoms with Crippen LogP contribution in [0.15, 0.2) is 48.5 Å². The van der Waals surface area contributed by atoms with E-state index in [1.165, 1.54) is 0 Å². The molecule has 0 radical (unpaired) electrons. The van der Waals surface area contributed by atoms with Gasteiger partial charge in [0.25, 0.3) is 5.91 Å². The average molecular weight is 321 g/mol. The summed E-state index contributed by atoms with van der Waals surface area (Å²) in [6.45, 7) is 5.57. The monoisotopic (exact) mass is 321 g/mol. The molecule has 1 aliphatic heterocycles. The molecule has 0 fully saturated rings. The molecule has 1 amide bonds. The van der Waals surface area contributed by atoms with Crippen molar-refractivity contribution in [2.75, 3.05) is 18.1 Å². The van der Waals surface area contributed by atoms with E-state index in [9.17, 15) is 4.79 Å². The summed E-state index contributed by atoms with van der Waals surface area (Å²) < 4.78 is 5.69. The lowest BCUT2D eigenvalue weighted by molar-refractivity contribution is -0.112. The first-order valence-corrected chi connectivity index (χ1v) is 8.60. The van der Waals surface area contributed by atoms with Gasteiger partial charge in [0.05, 0.1) is 12.3 Å². The van der Waals surface area contributed by atoms with E-state index in [-0.39, 0.29) is 5.91 Å². The fourth-order valence-electron chi connectivity index (χ4n) is 2.92. The quantitative estimate of drug-likeness (QED) is 0.566. The molecule has 0 bridgehead atoms. The third kappa shape index (κ3) is 3.21. The minimum atomic E-state index is 0.0713. The van der Waals surface area contributed by atoms with E-state index in [1.54, 1.807) is 0 Å². The van der Waals surface area contributed by atoms with Gasteiger partial charge < -0.3 is 9.64 Å². The molecule has 0 unspecified atom stereocenters. The van der Waals surface area contributed by atoms with Crippen molar-refractivity contribution in [2.24, 2.45) is 0 Å². The minimum Gasteiger partial charge on any atom is -0.494 e. The highest BCUT2D eigenvalue weighted by Gasteiger charge is 2.30. The van der Waals surface area contributed by atoms with Gasteiger partial charge in [-0.15, -0.1) is 0 Å². The van der Waals surface area contributed by atoms with Gasteiger partial charge >= 0.3 is 0 Å². The molecular weight excluding hydrogens is 298 g/mol. The topological polar surface area (TPSA) is 29.5 Å². The first kappa shape index (κ1) is 16.3. The average Bonchev–Trinajstić information content (AvgIpc) is 2.88. The molecule has 1 aliphatic rings. The molecule has 3 rings (SSSR count). The largest absolute Gasteiger partial charge is 0.494 e. The van der Waals surface area contributed by atoms with Crippen LogP contribution >= 0.6 is 0 Å². The van der Waals surface area contributed by atoms with Gasteiger partial charge in [0, 0.05) is 17.7 Å². The Balaban J connectivity index is 1.84. The van der Waals surface area contributed by atoms with Crippen molar-refractivity contribution in [1.82, 2.24) is 0 Å². The minimum absolute atomic E-state index is 0.0713. The lowest BCUT2D eigenvalue weighted by Gasteiger charge is -2.13. The number of nitrogens with zero attached hydrogens (tertiary/aromatic N) is 1. The number of rotatable bonds is 6. The molecule has 0 spiro atoms. The van der Waals surface area contributed by atoms with E-state index in [2.05, 4.69) is 6.92 Å². The van der Waals surface area contributed by atoms with E-state index in [0.717, 1.165) is 47.6 Å². The highest BCUT2D eigenvalue weighted by atomic mass is 16.5. The van der Waals surface area contributed by atoms with Crippen molar-refractivity contribution in [3.8, 4) is 5.75 Å². The number of likely N-dealkylation sites (N-methyl/N-ethyl adjacent to an activating group) is 1. The van der Waals surface area contributed by atoms with Crippen molar-refractivity contribution >= 4 is 23.2 Å². The summed E-state index contributed by atoms with van der Waals surface area (Å²) in [7, 11) is 0. The molecule has 3 heteroatoms. The number of benzene rings is 2. The standard InChI is InChI=1S/C21H23NO2/c1-3-5-14-24-17-12-10-16(11-13-17)15-19-18-8-6-7-9-20(18)22(4-2)21(19)23/h6-13,15H,3-5,14H2,1-2H3/b19-15+. The zero-order chi connectivity index (χ0) is 16.9. The summed E-state index contributed by atoms with van der Waals surface area (Å²) >= 11 is 0. The molecule has 124 valence electrons. The Morgan fingerprint density at radius 2 is 1.79 bits per heavy atom. The van der Waals surface area contributed by atoms with Crippen LogP contribution < -0.4 is 9.64 Å². The number of hydrogen-bond acceptors (Lipinski definition) is 2. The molecule has 0 N–H and O–H groups in total. The van der Waals surface area contributed by atoms with Crippen LogP contribution in [0.4, 0.5) is 5.69 Å². The van der Waals surface area contributed by atoms with Crippen LogP contribution in [0.5, 0.6) is 5.75 Å². The Labute approximate surface area is 143 Å². The maximum Gasteiger partial charge on any atom is 0.258 e. The number of anilines is 1. The molecule has 2 aromatic carbocycles. The van der Waals surface area contributed by atoms with Crippen LogP contribution in [0.3, 0.4) is 0 Å². The Morgan fingerprint density at radius 3 is 2.50 bits per heavy atom. The Kier molecular flexibility index (Phi) is 4.99. The van der Waals surface area contributed by atoms with Gasteiger partial charge in [-0.2, -0.15) is 0 Å². The van der Waals surface area contributed by atoms with Gasteiger partial charge in [-0.25, -0.2) is 0 Å². The fraction of sp³-hybridized carbons (Fsp3) is 0.286. The second-order valence-electron chi connectivity index (χ2n) is 5.90. The molecule has 2 aromatic rings. The number of carbonyl (C=O) groups excluding carboxylic acids is 1. The molecule has 24 heavy (non-hydrogen) atoms. The van der Waals surface area contributed by atoms with Crippen LogP contribution in [-0.2, 0) is 4.79 Å². The highest BCUT2D eigenvalue weighted by Crippen LogP contribution is 2.37. The lowest BCUT2D eigenvalue weighted by atomic mass is 10.0. The van der Waals surface area contributed by atoms with Crippen molar-refractivity contribution in [3.05, 3.63) is 59.7 Å². The molecule has 0 aromatic heterocycles. The van der Waals surface area contributed by atoms with Crippen LogP contribution in [0.1, 0.15) is 37.8 Å². The van der Waals surface area contributed by atoms with Crippen LogP contribution in [0.2, 0.25) is 0 Å². The van der Waals surface area contributed by atoms with Crippen molar-refractivity contribution in [1.29, 1.82) is 0 Å². The summed E-state index contributed by atoms with van der Waals surface area (Å²) in [5.74, 6) is 0.945. The van der Waals surface area contributed by atoms with E-state index in [1.807, 2.05) is 66.4 Å². The van der Waals surface area contributed by atoms with E-state index < -0.39 is 0 Å². The number of amides is 1. The van der Waals surface area contributed by atoms with E-state index >= 15 is 0 Å². The van der Waals surface area contributed by atoms with Crippen LogP contribution in [0, 0.1) is 0 Å². The zero-order valence-electron chi connectivity index (χ0n) is 14.3. The van der Waals surface area contributed by atoms with Gasteiger partial charge in [-0.05, 0) is 43.2 Å². The number of fused-ring (bicyclic) bond motifs is 1. The van der Waals surface area contributed by atoms with Gasteiger partial charge in [0.1, 0.15) is 5.75 Å². The van der Waals surface area contributed by atoms with Gasteiger partial charge in [0.2, 0.25) is 0 Å². The lowest BCUT2D eigenvalue weighted by Crippen LogP contribution is -2.25. The molecular formula is C21H23NO2. The molecule has 0 atom stereocenters. The summed E-state index contributed by atoms with van der Waals surface area (Å²) in [4.78, 5) is 14.5. The molecule has 0 saturated carbocycles. The first-order valence-electron chi connectivity index (χ1n) is 8.60. The molecule has 1 heterocycles. The second-order valence-corrected chi connectivity index (χ2v) is 5.90. The highest BCUT2D eigenvalue weighted by molar-refractivity contribution is 6.35. The van der Waals surface area contributed by atoms with Crippen LogP contribution in [0.25, 0.3) is 11.6 Å². The molecule has 0 saturated heterocycles.